The SMILES string of the molecule is COc1ccc(NC(=O)/C(=C/c2ccc([N+](=O)[O-])cc2)c2ccccc2)cc1. The Morgan fingerprint density at radius 1 is 0.964 bits per heavy atom. The lowest BCUT2D eigenvalue weighted by atomic mass is 10.0. The van der Waals surface area contributed by atoms with Crippen molar-refractivity contribution >= 4 is 28.9 Å². The summed E-state index contributed by atoms with van der Waals surface area (Å²) < 4.78 is 5.12. The summed E-state index contributed by atoms with van der Waals surface area (Å²) in [6.45, 7) is 0. The fourth-order valence-corrected chi connectivity index (χ4v) is 2.63. The average Bonchev–Trinajstić information content (AvgIpc) is 2.73. The van der Waals surface area contributed by atoms with Crippen LogP contribution < -0.4 is 10.1 Å². The number of anilines is 1. The Morgan fingerprint density at radius 3 is 2.18 bits per heavy atom. The van der Waals surface area contributed by atoms with Crippen molar-refractivity contribution in [2.24, 2.45) is 0 Å². The maximum Gasteiger partial charge on any atom is 0.269 e. The third-order valence-corrected chi connectivity index (χ3v) is 4.09. The molecule has 0 heterocycles. The maximum absolute atomic E-state index is 12.9. The number of hydrogen-bond donors (Lipinski definition) is 1. The van der Waals surface area contributed by atoms with E-state index in [2.05, 4.69) is 5.32 Å². The first-order valence-electron chi connectivity index (χ1n) is 8.54. The number of methoxy groups -OCH3 is 1. The molecule has 0 aliphatic heterocycles. The minimum absolute atomic E-state index is 0.00101. The Bertz CT molecular complexity index is 995. The van der Waals surface area contributed by atoms with Gasteiger partial charge in [0.2, 0.25) is 0 Å². The van der Waals surface area contributed by atoms with E-state index < -0.39 is 4.92 Å². The van der Waals surface area contributed by atoms with Gasteiger partial charge in [0.1, 0.15) is 5.75 Å². The molecule has 140 valence electrons. The minimum Gasteiger partial charge on any atom is -0.497 e. The smallest absolute Gasteiger partial charge is 0.269 e. The first-order valence-corrected chi connectivity index (χ1v) is 8.54. The maximum atomic E-state index is 12.9. The van der Waals surface area contributed by atoms with Gasteiger partial charge in [-0.15, -0.1) is 0 Å². The summed E-state index contributed by atoms with van der Waals surface area (Å²) >= 11 is 0. The Labute approximate surface area is 162 Å². The lowest BCUT2D eigenvalue weighted by Gasteiger charge is -2.10. The van der Waals surface area contributed by atoms with Gasteiger partial charge in [0.25, 0.3) is 11.6 Å². The number of ether oxygens (including phenoxy) is 1. The van der Waals surface area contributed by atoms with Gasteiger partial charge in [-0.25, -0.2) is 0 Å². The molecule has 0 atom stereocenters. The van der Waals surface area contributed by atoms with Crippen LogP contribution in [0.2, 0.25) is 0 Å². The Morgan fingerprint density at radius 2 is 1.61 bits per heavy atom. The van der Waals surface area contributed by atoms with E-state index in [4.69, 9.17) is 4.74 Å². The first-order chi connectivity index (χ1) is 13.6. The van der Waals surface area contributed by atoms with Crippen LogP contribution in [-0.4, -0.2) is 17.9 Å². The number of benzene rings is 3. The molecule has 3 aromatic rings. The van der Waals surface area contributed by atoms with Crippen LogP contribution in [0.1, 0.15) is 11.1 Å². The second-order valence-electron chi connectivity index (χ2n) is 5.96. The van der Waals surface area contributed by atoms with Crippen molar-refractivity contribution in [1.29, 1.82) is 0 Å². The number of carbonyl (C=O) groups is 1. The molecule has 0 aliphatic rings. The van der Waals surface area contributed by atoms with Crippen LogP contribution in [0, 0.1) is 10.1 Å². The van der Waals surface area contributed by atoms with Crippen molar-refractivity contribution in [3.63, 3.8) is 0 Å². The van der Waals surface area contributed by atoms with Crippen LogP contribution in [-0.2, 0) is 4.79 Å². The number of hydrogen-bond acceptors (Lipinski definition) is 4. The zero-order chi connectivity index (χ0) is 19.9. The third kappa shape index (κ3) is 4.62. The first kappa shape index (κ1) is 18.8. The highest BCUT2D eigenvalue weighted by Gasteiger charge is 2.13. The van der Waals surface area contributed by atoms with Gasteiger partial charge in [-0.1, -0.05) is 30.3 Å². The molecule has 0 aromatic heterocycles. The predicted molar refractivity (Wildman–Crippen MR) is 109 cm³/mol. The molecule has 3 aromatic carbocycles. The number of nitro benzene ring substituents is 1. The Hall–Kier alpha value is -3.93. The van der Waals surface area contributed by atoms with Crippen LogP contribution in [0.5, 0.6) is 5.75 Å². The molecular weight excluding hydrogens is 356 g/mol. The summed E-state index contributed by atoms with van der Waals surface area (Å²) in [5.41, 5.74) is 2.52. The van der Waals surface area contributed by atoms with Crippen molar-refractivity contribution in [3.8, 4) is 5.75 Å². The van der Waals surface area contributed by atoms with Gasteiger partial charge in [-0.05, 0) is 53.6 Å². The number of nitro groups is 1. The Balaban J connectivity index is 1.92. The van der Waals surface area contributed by atoms with Crippen molar-refractivity contribution in [2.75, 3.05) is 12.4 Å². The molecule has 3 rings (SSSR count). The van der Waals surface area contributed by atoms with Gasteiger partial charge in [0.15, 0.2) is 0 Å². The quantitative estimate of drug-likeness (QED) is 0.291. The van der Waals surface area contributed by atoms with Gasteiger partial charge in [0.05, 0.1) is 12.0 Å². The van der Waals surface area contributed by atoms with Crippen LogP contribution in [0.4, 0.5) is 11.4 Å². The fourth-order valence-electron chi connectivity index (χ4n) is 2.63. The van der Waals surface area contributed by atoms with Crippen LogP contribution >= 0.6 is 0 Å². The van der Waals surface area contributed by atoms with E-state index in [1.54, 1.807) is 49.6 Å². The topological polar surface area (TPSA) is 81.5 Å². The highest BCUT2D eigenvalue weighted by atomic mass is 16.6. The van der Waals surface area contributed by atoms with E-state index in [0.29, 0.717) is 22.6 Å². The van der Waals surface area contributed by atoms with Crippen molar-refractivity contribution < 1.29 is 14.5 Å². The van der Waals surface area contributed by atoms with E-state index in [1.807, 2.05) is 30.3 Å². The van der Waals surface area contributed by atoms with Crippen LogP contribution in [0.3, 0.4) is 0 Å². The summed E-state index contributed by atoms with van der Waals surface area (Å²) in [6.07, 6.45) is 1.71. The standard InChI is InChI=1S/C22H18N2O4/c1-28-20-13-9-18(10-14-20)23-22(25)21(17-5-3-2-4-6-17)15-16-7-11-19(12-8-16)24(26)27/h2-15H,1H3,(H,23,25)/b21-15+. The molecule has 0 bridgehead atoms. The number of rotatable bonds is 6. The molecule has 0 unspecified atom stereocenters. The lowest BCUT2D eigenvalue weighted by Crippen LogP contribution is -2.13. The molecule has 0 saturated heterocycles. The largest absolute Gasteiger partial charge is 0.497 e. The molecule has 0 aliphatic carbocycles. The molecule has 0 saturated carbocycles. The average molecular weight is 374 g/mol. The fraction of sp³-hybridized carbons (Fsp3) is 0.0455. The molecule has 28 heavy (non-hydrogen) atoms. The number of amides is 1. The predicted octanol–water partition coefficient (Wildman–Crippen LogP) is 4.78. The van der Waals surface area contributed by atoms with Crippen LogP contribution in [0.25, 0.3) is 11.6 Å². The van der Waals surface area contributed by atoms with Crippen molar-refractivity contribution in [1.82, 2.24) is 0 Å². The zero-order valence-electron chi connectivity index (χ0n) is 15.2. The summed E-state index contributed by atoms with van der Waals surface area (Å²) in [5, 5.41) is 13.7. The molecule has 1 N–H and O–H groups in total. The van der Waals surface area contributed by atoms with E-state index in [1.165, 1.54) is 12.1 Å². The lowest BCUT2D eigenvalue weighted by molar-refractivity contribution is -0.384. The van der Waals surface area contributed by atoms with E-state index >= 15 is 0 Å². The van der Waals surface area contributed by atoms with Crippen LogP contribution in [0.15, 0.2) is 78.9 Å². The number of nitrogens with one attached hydrogen (secondary N) is 1. The van der Waals surface area contributed by atoms with Gasteiger partial charge < -0.3 is 10.1 Å². The summed E-state index contributed by atoms with van der Waals surface area (Å²) in [4.78, 5) is 23.3. The van der Waals surface area contributed by atoms with E-state index in [9.17, 15) is 14.9 Å². The van der Waals surface area contributed by atoms with Gasteiger partial charge in [-0.3, -0.25) is 14.9 Å². The molecule has 0 radical (unpaired) electrons. The molecule has 0 fully saturated rings. The molecule has 0 spiro atoms. The highest BCUT2D eigenvalue weighted by Crippen LogP contribution is 2.23. The monoisotopic (exact) mass is 374 g/mol. The van der Waals surface area contributed by atoms with Crippen molar-refractivity contribution in [3.05, 3.63) is 100 Å². The number of nitrogens with zero attached hydrogens (tertiary/aromatic N) is 1. The highest BCUT2D eigenvalue weighted by molar-refractivity contribution is 6.29. The van der Waals surface area contributed by atoms with Gasteiger partial charge in [-0.2, -0.15) is 0 Å². The third-order valence-electron chi connectivity index (χ3n) is 4.09. The van der Waals surface area contributed by atoms with Crippen molar-refractivity contribution in [2.45, 2.75) is 0 Å². The summed E-state index contributed by atoms with van der Waals surface area (Å²) in [6, 6.07) is 22.3. The van der Waals surface area contributed by atoms with Gasteiger partial charge in [0, 0.05) is 23.4 Å². The van der Waals surface area contributed by atoms with E-state index in [-0.39, 0.29) is 11.6 Å². The second kappa shape index (κ2) is 8.64. The minimum atomic E-state index is -0.456. The molecule has 6 nitrogen and oxygen atoms in total. The zero-order valence-corrected chi connectivity index (χ0v) is 15.2. The second-order valence-corrected chi connectivity index (χ2v) is 5.96. The Kier molecular flexibility index (Phi) is 5.81. The summed E-state index contributed by atoms with van der Waals surface area (Å²) in [7, 11) is 1.58. The number of non-ortho nitro benzene ring substituents is 1. The molecule has 1 amide bonds. The molecule has 6 heteroatoms. The van der Waals surface area contributed by atoms with E-state index in [0.717, 1.165) is 5.56 Å². The normalized spacial score (nSPS) is 11.0. The molecular formula is C22H18N2O4. The summed E-state index contributed by atoms with van der Waals surface area (Å²) in [5.74, 6) is 0.414. The van der Waals surface area contributed by atoms with Gasteiger partial charge >= 0.3 is 0 Å². The number of carbonyl (C=O) groups excluding carboxylic acids is 1.